The molecule has 1 fully saturated rings. The normalized spacial score (nSPS) is 14.9. The third-order valence-electron chi connectivity index (χ3n) is 3.07. The van der Waals surface area contributed by atoms with Crippen molar-refractivity contribution in [1.29, 1.82) is 0 Å². The maximum absolute atomic E-state index is 9.62. The van der Waals surface area contributed by atoms with Crippen LogP contribution in [0, 0.1) is 12.8 Å². The highest BCUT2D eigenvalue weighted by Crippen LogP contribution is 2.28. The van der Waals surface area contributed by atoms with Gasteiger partial charge in [-0.1, -0.05) is 0 Å². The van der Waals surface area contributed by atoms with Crippen LogP contribution in [0.4, 0.5) is 0 Å². The molecule has 0 saturated heterocycles. The Kier molecular flexibility index (Phi) is 4.96. The number of aryl methyl sites for hydroxylation is 1. The molecule has 0 unspecified atom stereocenters. The summed E-state index contributed by atoms with van der Waals surface area (Å²) in [6.45, 7) is 5.17. The van der Waals surface area contributed by atoms with Gasteiger partial charge in [0.2, 0.25) is 0 Å². The molecule has 4 heteroatoms. The van der Waals surface area contributed by atoms with Gasteiger partial charge in [-0.3, -0.25) is 4.98 Å². The van der Waals surface area contributed by atoms with Gasteiger partial charge in [0.1, 0.15) is 5.75 Å². The molecule has 1 aliphatic carbocycles. The minimum absolute atomic E-state index is 0.262. The third-order valence-corrected chi connectivity index (χ3v) is 3.07. The lowest BCUT2D eigenvalue weighted by atomic mass is 10.3. The second kappa shape index (κ2) is 6.71. The van der Waals surface area contributed by atoms with E-state index in [1.807, 2.05) is 13.0 Å². The predicted octanol–water partition coefficient (Wildman–Crippen LogP) is 2.00. The molecule has 0 aromatic carbocycles. The molecule has 4 nitrogen and oxygen atoms in total. The Bertz CT molecular complexity index is 378. The van der Waals surface area contributed by atoms with E-state index in [4.69, 9.17) is 4.74 Å². The van der Waals surface area contributed by atoms with Gasteiger partial charge in [-0.15, -0.1) is 0 Å². The van der Waals surface area contributed by atoms with E-state index in [0.717, 1.165) is 37.8 Å². The molecular formula is C14H22N2O2. The van der Waals surface area contributed by atoms with Crippen LogP contribution in [-0.4, -0.2) is 29.8 Å². The summed E-state index contributed by atoms with van der Waals surface area (Å²) in [6, 6.07) is 3.50. The number of ether oxygens (including phenoxy) is 1. The molecular weight excluding hydrogens is 228 g/mol. The molecule has 1 heterocycles. The Morgan fingerprint density at radius 2 is 2.28 bits per heavy atom. The molecule has 0 atom stereocenters. The second-order valence-corrected chi connectivity index (χ2v) is 4.97. The number of hydrogen-bond donors (Lipinski definition) is 2. The van der Waals surface area contributed by atoms with E-state index in [9.17, 15) is 5.11 Å². The van der Waals surface area contributed by atoms with Crippen molar-refractivity contribution in [2.75, 3.05) is 19.8 Å². The van der Waals surface area contributed by atoms with Gasteiger partial charge in [0.15, 0.2) is 0 Å². The summed E-state index contributed by atoms with van der Waals surface area (Å²) < 4.78 is 5.55. The Morgan fingerprint density at radius 1 is 1.44 bits per heavy atom. The Labute approximate surface area is 108 Å². The smallest absolute Gasteiger partial charge is 0.138 e. The molecule has 100 valence electrons. The van der Waals surface area contributed by atoms with E-state index in [1.54, 1.807) is 6.07 Å². The minimum atomic E-state index is 0.262. The molecule has 2 N–H and O–H groups in total. The first-order valence-electron chi connectivity index (χ1n) is 6.69. The summed E-state index contributed by atoms with van der Waals surface area (Å²) in [6.07, 6.45) is 3.69. The van der Waals surface area contributed by atoms with E-state index in [2.05, 4.69) is 10.3 Å². The van der Waals surface area contributed by atoms with Crippen LogP contribution >= 0.6 is 0 Å². The lowest BCUT2D eigenvalue weighted by molar-refractivity contribution is 0.122. The van der Waals surface area contributed by atoms with Crippen LogP contribution in [0.15, 0.2) is 12.1 Å². The molecule has 0 radical (unpaired) electrons. The van der Waals surface area contributed by atoms with Gasteiger partial charge in [0.05, 0.1) is 5.69 Å². The summed E-state index contributed by atoms with van der Waals surface area (Å²) in [5, 5.41) is 12.9. The summed E-state index contributed by atoms with van der Waals surface area (Å²) in [4.78, 5) is 4.29. The van der Waals surface area contributed by atoms with Crippen LogP contribution in [0.3, 0.4) is 0 Å². The van der Waals surface area contributed by atoms with Crippen LogP contribution in [0.2, 0.25) is 0 Å². The number of aromatic hydroxyl groups is 1. The van der Waals surface area contributed by atoms with Crippen molar-refractivity contribution >= 4 is 0 Å². The minimum Gasteiger partial charge on any atom is -0.506 e. The zero-order valence-electron chi connectivity index (χ0n) is 11.0. The van der Waals surface area contributed by atoms with Crippen molar-refractivity contribution in [3.05, 3.63) is 23.5 Å². The molecule has 0 aliphatic heterocycles. The highest BCUT2D eigenvalue weighted by Gasteiger charge is 2.20. The SMILES string of the molecule is Cc1ccc(O)c(CNCCCOCC2CC2)n1. The topological polar surface area (TPSA) is 54.4 Å². The second-order valence-electron chi connectivity index (χ2n) is 4.97. The van der Waals surface area contributed by atoms with Gasteiger partial charge < -0.3 is 15.2 Å². The van der Waals surface area contributed by atoms with Gasteiger partial charge >= 0.3 is 0 Å². The van der Waals surface area contributed by atoms with E-state index >= 15 is 0 Å². The Morgan fingerprint density at radius 3 is 3.06 bits per heavy atom. The van der Waals surface area contributed by atoms with Crippen molar-refractivity contribution in [3.8, 4) is 5.75 Å². The van der Waals surface area contributed by atoms with Crippen molar-refractivity contribution in [2.45, 2.75) is 32.7 Å². The molecule has 18 heavy (non-hydrogen) atoms. The Balaban J connectivity index is 1.55. The summed E-state index contributed by atoms with van der Waals surface area (Å²) in [7, 11) is 0. The average Bonchev–Trinajstić information content (AvgIpc) is 3.16. The number of nitrogens with one attached hydrogen (secondary N) is 1. The van der Waals surface area contributed by atoms with Gasteiger partial charge in [-0.25, -0.2) is 0 Å². The number of hydrogen-bond acceptors (Lipinski definition) is 4. The van der Waals surface area contributed by atoms with Crippen LogP contribution in [0.1, 0.15) is 30.7 Å². The standard InChI is InChI=1S/C14H22N2O2/c1-11-3-6-14(17)13(16-11)9-15-7-2-8-18-10-12-4-5-12/h3,6,12,15,17H,2,4-5,7-10H2,1H3. The quantitative estimate of drug-likeness (QED) is 0.693. The summed E-state index contributed by atoms with van der Waals surface area (Å²) in [5.74, 6) is 1.10. The lowest BCUT2D eigenvalue weighted by Crippen LogP contribution is -2.17. The van der Waals surface area contributed by atoms with E-state index in [-0.39, 0.29) is 5.75 Å². The first kappa shape index (κ1) is 13.3. The van der Waals surface area contributed by atoms with Gasteiger partial charge in [-0.2, -0.15) is 0 Å². The van der Waals surface area contributed by atoms with Crippen LogP contribution in [-0.2, 0) is 11.3 Å². The first-order valence-corrected chi connectivity index (χ1v) is 6.69. The molecule has 1 aromatic rings. The molecule has 1 saturated carbocycles. The summed E-state index contributed by atoms with van der Waals surface area (Å²) in [5.41, 5.74) is 1.64. The van der Waals surface area contributed by atoms with Crippen LogP contribution < -0.4 is 5.32 Å². The zero-order chi connectivity index (χ0) is 12.8. The maximum Gasteiger partial charge on any atom is 0.138 e. The monoisotopic (exact) mass is 250 g/mol. The average molecular weight is 250 g/mol. The zero-order valence-corrected chi connectivity index (χ0v) is 11.0. The predicted molar refractivity (Wildman–Crippen MR) is 70.5 cm³/mol. The first-order chi connectivity index (χ1) is 8.75. The highest BCUT2D eigenvalue weighted by atomic mass is 16.5. The fourth-order valence-electron chi connectivity index (χ4n) is 1.77. The third kappa shape index (κ3) is 4.63. The van der Waals surface area contributed by atoms with E-state index in [0.29, 0.717) is 12.2 Å². The molecule has 2 rings (SSSR count). The molecule has 0 bridgehead atoms. The van der Waals surface area contributed by atoms with Crippen molar-refractivity contribution < 1.29 is 9.84 Å². The van der Waals surface area contributed by atoms with Crippen LogP contribution in [0.5, 0.6) is 5.75 Å². The van der Waals surface area contributed by atoms with Gasteiger partial charge in [0, 0.05) is 25.5 Å². The molecule has 0 spiro atoms. The maximum atomic E-state index is 9.62. The highest BCUT2D eigenvalue weighted by molar-refractivity contribution is 5.27. The van der Waals surface area contributed by atoms with E-state index < -0.39 is 0 Å². The number of aromatic nitrogens is 1. The number of rotatable bonds is 8. The molecule has 1 aromatic heterocycles. The largest absolute Gasteiger partial charge is 0.506 e. The fourth-order valence-corrected chi connectivity index (χ4v) is 1.77. The number of pyridine rings is 1. The van der Waals surface area contributed by atoms with E-state index in [1.165, 1.54) is 12.8 Å². The van der Waals surface area contributed by atoms with Gasteiger partial charge in [-0.05, 0) is 50.8 Å². The summed E-state index contributed by atoms with van der Waals surface area (Å²) >= 11 is 0. The lowest BCUT2D eigenvalue weighted by Gasteiger charge is -2.07. The Hall–Kier alpha value is -1.13. The molecule has 0 amide bonds. The van der Waals surface area contributed by atoms with Crippen molar-refractivity contribution in [2.24, 2.45) is 5.92 Å². The fraction of sp³-hybridized carbons (Fsp3) is 0.643. The van der Waals surface area contributed by atoms with Crippen LogP contribution in [0.25, 0.3) is 0 Å². The van der Waals surface area contributed by atoms with Gasteiger partial charge in [0.25, 0.3) is 0 Å². The van der Waals surface area contributed by atoms with Crippen molar-refractivity contribution in [1.82, 2.24) is 10.3 Å². The van der Waals surface area contributed by atoms with Crippen molar-refractivity contribution in [3.63, 3.8) is 0 Å². The number of nitrogens with zero attached hydrogens (tertiary/aromatic N) is 1. The molecule has 1 aliphatic rings.